The van der Waals surface area contributed by atoms with Gasteiger partial charge in [-0.1, -0.05) is 11.6 Å². The lowest BCUT2D eigenvalue weighted by atomic mass is 10.3. The summed E-state index contributed by atoms with van der Waals surface area (Å²) in [6.07, 6.45) is 0. The highest BCUT2D eigenvalue weighted by molar-refractivity contribution is 7.99. The van der Waals surface area contributed by atoms with E-state index in [1.807, 2.05) is 36.0 Å². The predicted octanol–water partition coefficient (Wildman–Crippen LogP) is 2.55. The highest BCUT2D eigenvalue weighted by Gasteiger charge is 2.15. The molecule has 1 aromatic carbocycles. The van der Waals surface area contributed by atoms with Gasteiger partial charge in [0.15, 0.2) is 5.11 Å². The SMILES string of the molecule is CN1CCN(C(=S)NCCSc2ccc(Cl)cc2)CC1. The fourth-order valence-electron chi connectivity index (χ4n) is 1.98. The van der Waals surface area contributed by atoms with Gasteiger partial charge in [-0.25, -0.2) is 0 Å². The molecule has 1 aliphatic heterocycles. The summed E-state index contributed by atoms with van der Waals surface area (Å²) in [4.78, 5) is 5.82. The van der Waals surface area contributed by atoms with Gasteiger partial charge in [0.05, 0.1) is 0 Å². The summed E-state index contributed by atoms with van der Waals surface area (Å²) >= 11 is 13.1. The normalized spacial score (nSPS) is 16.2. The van der Waals surface area contributed by atoms with E-state index in [0.29, 0.717) is 0 Å². The second-order valence-electron chi connectivity index (χ2n) is 4.82. The minimum atomic E-state index is 0.781. The molecule has 1 saturated heterocycles. The molecule has 6 heteroatoms. The summed E-state index contributed by atoms with van der Waals surface area (Å²) < 4.78 is 0. The van der Waals surface area contributed by atoms with Crippen molar-refractivity contribution in [1.29, 1.82) is 0 Å². The quantitative estimate of drug-likeness (QED) is 0.518. The first-order valence-electron chi connectivity index (χ1n) is 6.75. The van der Waals surface area contributed by atoms with E-state index in [-0.39, 0.29) is 0 Å². The van der Waals surface area contributed by atoms with Crippen LogP contribution in [-0.4, -0.2) is 60.4 Å². The molecule has 0 atom stereocenters. The van der Waals surface area contributed by atoms with Gasteiger partial charge in [0.1, 0.15) is 0 Å². The second-order valence-corrected chi connectivity index (χ2v) is 6.82. The summed E-state index contributed by atoms with van der Waals surface area (Å²) in [6, 6.07) is 7.94. The smallest absolute Gasteiger partial charge is 0.169 e. The maximum atomic E-state index is 5.86. The van der Waals surface area contributed by atoms with Crippen LogP contribution in [0.3, 0.4) is 0 Å². The van der Waals surface area contributed by atoms with Crippen molar-refractivity contribution in [3.05, 3.63) is 29.3 Å². The third kappa shape index (κ3) is 5.13. The predicted molar refractivity (Wildman–Crippen MR) is 91.8 cm³/mol. The van der Waals surface area contributed by atoms with Gasteiger partial charge in [-0.05, 0) is 43.5 Å². The van der Waals surface area contributed by atoms with E-state index in [9.17, 15) is 0 Å². The third-order valence-corrected chi connectivity index (χ3v) is 4.92. The van der Waals surface area contributed by atoms with Gasteiger partial charge in [-0.15, -0.1) is 11.8 Å². The van der Waals surface area contributed by atoms with Crippen LogP contribution in [-0.2, 0) is 0 Å². The number of thiocarbonyl (C=S) groups is 1. The highest BCUT2D eigenvalue weighted by Crippen LogP contribution is 2.19. The largest absolute Gasteiger partial charge is 0.362 e. The average molecular weight is 330 g/mol. The second kappa shape index (κ2) is 8.08. The number of halogens is 1. The van der Waals surface area contributed by atoms with Crippen molar-refractivity contribution in [1.82, 2.24) is 15.1 Å². The number of benzene rings is 1. The number of piperazine rings is 1. The number of nitrogens with zero attached hydrogens (tertiary/aromatic N) is 2. The zero-order chi connectivity index (χ0) is 14.4. The van der Waals surface area contributed by atoms with Gasteiger partial charge < -0.3 is 15.1 Å². The number of thioether (sulfide) groups is 1. The van der Waals surface area contributed by atoms with Crippen molar-refractivity contribution in [3.8, 4) is 0 Å². The van der Waals surface area contributed by atoms with Gasteiger partial charge in [0.2, 0.25) is 0 Å². The molecule has 1 aromatic rings. The summed E-state index contributed by atoms with van der Waals surface area (Å²) in [7, 11) is 2.15. The minimum Gasteiger partial charge on any atom is -0.362 e. The lowest BCUT2D eigenvalue weighted by molar-refractivity contribution is 0.214. The van der Waals surface area contributed by atoms with E-state index in [4.69, 9.17) is 23.8 Å². The van der Waals surface area contributed by atoms with E-state index in [1.54, 1.807) is 0 Å². The standard InChI is InChI=1S/C14H20ClN3S2/c1-17-7-9-18(10-8-17)14(19)16-6-11-20-13-4-2-12(15)3-5-13/h2-5H,6-11H2,1H3,(H,16,19). The van der Waals surface area contributed by atoms with Gasteiger partial charge in [0.25, 0.3) is 0 Å². The molecule has 0 bridgehead atoms. The zero-order valence-corrected chi connectivity index (χ0v) is 14.0. The molecule has 110 valence electrons. The van der Waals surface area contributed by atoms with Crippen LogP contribution in [0.1, 0.15) is 0 Å². The number of nitrogens with one attached hydrogen (secondary N) is 1. The Balaban J connectivity index is 1.63. The van der Waals surface area contributed by atoms with Crippen LogP contribution in [0.25, 0.3) is 0 Å². The Bertz CT molecular complexity index is 431. The molecule has 2 rings (SSSR count). The molecule has 1 fully saturated rings. The maximum absolute atomic E-state index is 5.86. The first-order valence-corrected chi connectivity index (χ1v) is 8.52. The lowest BCUT2D eigenvalue weighted by Crippen LogP contribution is -2.50. The van der Waals surface area contributed by atoms with Crippen molar-refractivity contribution >= 4 is 40.7 Å². The number of likely N-dealkylation sites (N-methyl/N-ethyl adjacent to an activating group) is 1. The van der Waals surface area contributed by atoms with E-state index in [2.05, 4.69) is 22.2 Å². The molecule has 1 aliphatic rings. The molecule has 0 saturated carbocycles. The molecule has 0 aliphatic carbocycles. The highest BCUT2D eigenvalue weighted by atomic mass is 35.5. The third-order valence-electron chi connectivity index (χ3n) is 3.25. The number of hydrogen-bond donors (Lipinski definition) is 1. The van der Waals surface area contributed by atoms with Crippen LogP contribution in [0, 0.1) is 0 Å². The Morgan fingerprint density at radius 3 is 2.55 bits per heavy atom. The summed E-state index contributed by atoms with van der Waals surface area (Å²) in [5.41, 5.74) is 0. The van der Waals surface area contributed by atoms with Gasteiger partial charge in [0, 0.05) is 48.4 Å². The molecule has 0 spiro atoms. The molecule has 20 heavy (non-hydrogen) atoms. The molecule has 3 nitrogen and oxygen atoms in total. The molecule has 0 radical (unpaired) electrons. The monoisotopic (exact) mass is 329 g/mol. The fourth-order valence-corrected chi connectivity index (χ4v) is 3.16. The van der Waals surface area contributed by atoms with Crippen LogP contribution in [0.4, 0.5) is 0 Å². The van der Waals surface area contributed by atoms with Crippen LogP contribution in [0.15, 0.2) is 29.2 Å². The first kappa shape index (κ1) is 15.9. The Morgan fingerprint density at radius 2 is 1.90 bits per heavy atom. The molecule has 1 N–H and O–H groups in total. The summed E-state index contributed by atoms with van der Waals surface area (Å²) in [6.45, 7) is 5.10. The lowest BCUT2D eigenvalue weighted by Gasteiger charge is -2.34. The molecule has 0 amide bonds. The number of hydrogen-bond acceptors (Lipinski definition) is 3. The molecule has 0 aromatic heterocycles. The van der Waals surface area contributed by atoms with Gasteiger partial charge >= 0.3 is 0 Å². The molecular weight excluding hydrogens is 310 g/mol. The first-order chi connectivity index (χ1) is 9.65. The van der Waals surface area contributed by atoms with Crippen LogP contribution >= 0.6 is 35.6 Å². The molecule has 1 heterocycles. The Morgan fingerprint density at radius 1 is 1.25 bits per heavy atom. The number of rotatable bonds is 4. The van der Waals surface area contributed by atoms with Crippen LogP contribution < -0.4 is 5.32 Å². The minimum absolute atomic E-state index is 0.781. The van der Waals surface area contributed by atoms with Crippen LogP contribution in [0.2, 0.25) is 5.02 Å². The van der Waals surface area contributed by atoms with E-state index < -0.39 is 0 Å². The Kier molecular flexibility index (Phi) is 6.42. The summed E-state index contributed by atoms with van der Waals surface area (Å²) in [5, 5.41) is 5.01. The topological polar surface area (TPSA) is 18.5 Å². The van der Waals surface area contributed by atoms with Gasteiger partial charge in [-0.2, -0.15) is 0 Å². The Hall–Kier alpha value is -0.490. The van der Waals surface area contributed by atoms with Gasteiger partial charge in [-0.3, -0.25) is 0 Å². The van der Waals surface area contributed by atoms with E-state index in [1.165, 1.54) is 4.90 Å². The maximum Gasteiger partial charge on any atom is 0.169 e. The van der Waals surface area contributed by atoms with Crippen molar-refractivity contribution in [2.75, 3.05) is 45.5 Å². The van der Waals surface area contributed by atoms with Crippen molar-refractivity contribution in [3.63, 3.8) is 0 Å². The molecular formula is C14H20ClN3S2. The van der Waals surface area contributed by atoms with Crippen molar-refractivity contribution in [2.45, 2.75) is 4.90 Å². The van der Waals surface area contributed by atoms with Crippen LogP contribution in [0.5, 0.6) is 0 Å². The van der Waals surface area contributed by atoms with Crippen molar-refractivity contribution in [2.24, 2.45) is 0 Å². The van der Waals surface area contributed by atoms with Crippen molar-refractivity contribution < 1.29 is 0 Å². The average Bonchev–Trinajstić information content (AvgIpc) is 2.46. The zero-order valence-electron chi connectivity index (χ0n) is 11.6. The van der Waals surface area contributed by atoms with E-state index in [0.717, 1.165) is 48.6 Å². The fraction of sp³-hybridized carbons (Fsp3) is 0.500. The molecule has 0 unspecified atom stereocenters. The summed E-state index contributed by atoms with van der Waals surface area (Å²) in [5.74, 6) is 0.996. The van der Waals surface area contributed by atoms with E-state index >= 15 is 0 Å². The Labute approximate surface area is 135 Å².